The van der Waals surface area contributed by atoms with E-state index in [1.54, 1.807) is 0 Å². The van der Waals surface area contributed by atoms with Crippen molar-refractivity contribution in [1.82, 2.24) is 5.32 Å². The van der Waals surface area contributed by atoms with Crippen LogP contribution in [0, 0.1) is 5.92 Å². The van der Waals surface area contributed by atoms with Crippen LogP contribution in [0.1, 0.15) is 31.0 Å². The normalized spacial score (nSPS) is 24.2. The molecule has 1 aliphatic heterocycles. The first kappa shape index (κ1) is 13.3. The molecule has 0 fully saturated rings. The van der Waals surface area contributed by atoms with Crippen LogP contribution in [0.15, 0.2) is 23.1 Å². The summed E-state index contributed by atoms with van der Waals surface area (Å²) in [6.45, 7) is 5.60. The zero-order chi connectivity index (χ0) is 12.3. The zero-order valence-corrected chi connectivity index (χ0v) is 12.5. The third-order valence-corrected chi connectivity index (χ3v) is 5.32. The van der Waals surface area contributed by atoms with Gasteiger partial charge in [0.15, 0.2) is 0 Å². The largest absolute Gasteiger partial charge is 0.310 e. The molecule has 0 saturated heterocycles. The average Bonchev–Trinajstić information content (AvgIpc) is 2.50. The monoisotopic (exact) mass is 267 g/mol. The van der Waals surface area contributed by atoms with Crippen molar-refractivity contribution in [2.45, 2.75) is 30.5 Å². The smallest absolute Gasteiger partial charge is 0.0357 e. The molecule has 0 bridgehead atoms. The van der Waals surface area contributed by atoms with E-state index in [-0.39, 0.29) is 0 Å². The van der Waals surface area contributed by atoms with Gasteiger partial charge in [0.1, 0.15) is 0 Å². The van der Waals surface area contributed by atoms with Gasteiger partial charge in [-0.15, -0.1) is 11.8 Å². The minimum absolute atomic E-state index is 0.525. The Labute approximate surface area is 113 Å². The molecule has 3 heteroatoms. The molecular formula is C14H21NS2. The molecule has 94 valence electrons. The lowest BCUT2D eigenvalue weighted by atomic mass is 9.92. The van der Waals surface area contributed by atoms with Gasteiger partial charge in [0.2, 0.25) is 0 Å². The molecular weight excluding hydrogens is 246 g/mol. The number of nitrogens with one attached hydrogen (secondary N) is 1. The van der Waals surface area contributed by atoms with E-state index in [9.17, 15) is 0 Å². The van der Waals surface area contributed by atoms with Crippen LogP contribution in [0.5, 0.6) is 0 Å². The second-order valence-electron chi connectivity index (χ2n) is 4.59. The van der Waals surface area contributed by atoms with E-state index in [1.165, 1.54) is 21.8 Å². The molecule has 1 aromatic carbocycles. The fourth-order valence-electron chi connectivity index (χ4n) is 2.41. The number of rotatable bonds is 3. The van der Waals surface area contributed by atoms with Crippen molar-refractivity contribution >= 4 is 23.5 Å². The Kier molecular flexibility index (Phi) is 4.83. The van der Waals surface area contributed by atoms with Gasteiger partial charge in [-0.3, -0.25) is 0 Å². The van der Waals surface area contributed by atoms with Gasteiger partial charge in [-0.05, 0) is 47.7 Å². The van der Waals surface area contributed by atoms with Crippen molar-refractivity contribution in [3.8, 4) is 0 Å². The summed E-state index contributed by atoms with van der Waals surface area (Å²) in [6, 6.07) is 7.48. The molecule has 0 aliphatic carbocycles. The van der Waals surface area contributed by atoms with Crippen LogP contribution in [0.4, 0.5) is 0 Å². The van der Waals surface area contributed by atoms with Gasteiger partial charge in [0.25, 0.3) is 0 Å². The van der Waals surface area contributed by atoms with Crippen LogP contribution >= 0.6 is 23.5 Å². The van der Waals surface area contributed by atoms with Crippen LogP contribution in [-0.2, 0) is 5.75 Å². The van der Waals surface area contributed by atoms with Crippen LogP contribution in [0.25, 0.3) is 0 Å². The second-order valence-corrected chi connectivity index (χ2v) is 6.50. The van der Waals surface area contributed by atoms with Crippen LogP contribution < -0.4 is 5.32 Å². The first-order valence-electron chi connectivity index (χ1n) is 6.24. The molecule has 1 N–H and O–H groups in total. The SMILES string of the molecule is CCNC1c2cc(SC)ccc2CSCC1C. The van der Waals surface area contributed by atoms with Gasteiger partial charge in [-0.1, -0.05) is 19.9 Å². The highest BCUT2D eigenvalue weighted by Gasteiger charge is 2.24. The van der Waals surface area contributed by atoms with Crippen molar-refractivity contribution in [3.63, 3.8) is 0 Å². The van der Waals surface area contributed by atoms with Crippen molar-refractivity contribution < 1.29 is 0 Å². The highest BCUT2D eigenvalue weighted by molar-refractivity contribution is 7.98. The lowest BCUT2D eigenvalue weighted by Crippen LogP contribution is -2.27. The number of benzene rings is 1. The van der Waals surface area contributed by atoms with Gasteiger partial charge in [-0.2, -0.15) is 11.8 Å². The van der Waals surface area contributed by atoms with Crippen LogP contribution in [-0.4, -0.2) is 18.6 Å². The summed E-state index contributed by atoms with van der Waals surface area (Å²) in [6.07, 6.45) is 2.15. The topological polar surface area (TPSA) is 12.0 Å². The second kappa shape index (κ2) is 6.17. The Morgan fingerprint density at radius 3 is 3.00 bits per heavy atom. The third kappa shape index (κ3) is 3.01. The van der Waals surface area contributed by atoms with E-state index in [4.69, 9.17) is 0 Å². The first-order valence-corrected chi connectivity index (χ1v) is 8.62. The molecule has 1 aromatic rings. The number of fused-ring (bicyclic) bond motifs is 1. The van der Waals surface area contributed by atoms with Gasteiger partial charge < -0.3 is 5.32 Å². The summed E-state index contributed by atoms with van der Waals surface area (Å²) in [5, 5.41) is 3.66. The number of hydrogen-bond donors (Lipinski definition) is 1. The summed E-state index contributed by atoms with van der Waals surface area (Å²) in [7, 11) is 0. The maximum Gasteiger partial charge on any atom is 0.0357 e. The number of thioether (sulfide) groups is 2. The first-order chi connectivity index (χ1) is 8.26. The maximum atomic E-state index is 3.66. The van der Waals surface area contributed by atoms with Gasteiger partial charge in [-0.25, -0.2) is 0 Å². The third-order valence-electron chi connectivity index (χ3n) is 3.32. The maximum absolute atomic E-state index is 3.66. The minimum Gasteiger partial charge on any atom is -0.310 e. The van der Waals surface area contributed by atoms with Crippen molar-refractivity contribution in [1.29, 1.82) is 0 Å². The van der Waals surface area contributed by atoms with E-state index in [2.05, 4.69) is 55.4 Å². The predicted molar refractivity (Wildman–Crippen MR) is 80.0 cm³/mol. The summed E-state index contributed by atoms with van der Waals surface area (Å²) in [4.78, 5) is 1.38. The molecule has 1 heterocycles. The molecule has 1 aliphatic rings. The molecule has 0 saturated carbocycles. The molecule has 2 atom stereocenters. The standard InChI is InChI=1S/C14H21NS2/c1-4-15-14-10(2)8-17-9-11-5-6-12(16-3)7-13(11)14/h5-7,10,14-15H,4,8-9H2,1-3H3. The van der Waals surface area contributed by atoms with Crippen molar-refractivity contribution in [2.75, 3.05) is 18.6 Å². The zero-order valence-electron chi connectivity index (χ0n) is 10.8. The van der Waals surface area contributed by atoms with Crippen LogP contribution in [0.2, 0.25) is 0 Å². The van der Waals surface area contributed by atoms with E-state index in [0.717, 1.165) is 12.3 Å². The predicted octanol–water partition coefficient (Wildman–Crippen LogP) is 3.94. The van der Waals surface area contributed by atoms with E-state index in [0.29, 0.717) is 12.0 Å². The molecule has 0 aromatic heterocycles. The van der Waals surface area contributed by atoms with Crippen molar-refractivity contribution in [3.05, 3.63) is 29.3 Å². The van der Waals surface area contributed by atoms with Gasteiger partial charge in [0, 0.05) is 16.7 Å². The van der Waals surface area contributed by atoms with Gasteiger partial charge in [0.05, 0.1) is 0 Å². The molecule has 1 nitrogen and oxygen atoms in total. The Morgan fingerprint density at radius 1 is 1.47 bits per heavy atom. The molecule has 2 unspecified atom stereocenters. The Morgan fingerprint density at radius 2 is 2.29 bits per heavy atom. The fraction of sp³-hybridized carbons (Fsp3) is 0.571. The summed E-state index contributed by atoms with van der Waals surface area (Å²) in [5.41, 5.74) is 3.04. The molecule has 17 heavy (non-hydrogen) atoms. The summed E-state index contributed by atoms with van der Waals surface area (Å²) < 4.78 is 0. The number of hydrogen-bond acceptors (Lipinski definition) is 3. The Hall–Kier alpha value is -0.120. The summed E-state index contributed by atoms with van der Waals surface area (Å²) in [5.74, 6) is 3.12. The lowest BCUT2D eigenvalue weighted by Gasteiger charge is -2.24. The quantitative estimate of drug-likeness (QED) is 0.833. The van der Waals surface area contributed by atoms with E-state index >= 15 is 0 Å². The average molecular weight is 267 g/mol. The Bertz CT molecular complexity index is 378. The molecule has 0 spiro atoms. The lowest BCUT2D eigenvalue weighted by molar-refractivity contribution is 0.427. The van der Waals surface area contributed by atoms with Gasteiger partial charge >= 0.3 is 0 Å². The Balaban J connectivity index is 2.39. The fourth-order valence-corrected chi connectivity index (χ4v) is 4.02. The van der Waals surface area contributed by atoms with E-state index < -0.39 is 0 Å². The molecule has 2 rings (SSSR count). The van der Waals surface area contributed by atoms with Crippen LogP contribution in [0.3, 0.4) is 0 Å². The highest BCUT2D eigenvalue weighted by atomic mass is 32.2. The van der Waals surface area contributed by atoms with E-state index in [1.807, 2.05) is 11.8 Å². The highest BCUT2D eigenvalue weighted by Crippen LogP contribution is 2.36. The molecule has 0 radical (unpaired) electrons. The minimum atomic E-state index is 0.525. The van der Waals surface area contributed by atoms with Crippen molar-refractivity contribution in [2.24, 2.45) is 5.92 Å². The summed E-state index contributed by atoms with van der Waals surface area (Å²) >= 11 is 3.90. The molecule has 0 amide bonds.